The maximum absolute atomic E-state index is 13.8. The molecule has 0 aliphatic heterocycles. The van der Waals surface area contributed by atoms with Crippen molar-refractivity contribution >= 4 is 34.2 Å². The number of rotatable bonds is 3. The van der Waals surface area contributed by atoms with Gasteiger partial charge >= 0.3 is 0 Å². The molecule has 2 aromatic carbocycles. The van der Waals surface area contributed by atoms with Crippen LogP contribution in [0, 0.1) is 5.82 Å². The predicted octanol–water partition coefficient (Wildman–Crippen LogP) is 4.67. The summed E-state index contributed by atoms with van der Waals surface area (Å²) in [7, 11) is 0. The number of nitrogens with one attached hydrogen (secondary N) is 2. The Bertz CT molecular complexity index is 1090. The Morgan fingerprint density at radius 1 is 1.08 bits per heavy atom. The molecule has 0 fully saturated rings. The minimum absolute atomic E-state index is 0.0346. The van der Waals surface area contributed by atoms with Crippen molar-refractivity contribution in [2.75, 3.05) is 5.32 Å². The number of halogens is 2. The number of carbonyl (C=O) groups excluding carboxylic acids is 1. The van der Waals surface area contributed by atoms with E-state index in [-0.39, 0.29) is 10.7 Å². The SMILES string of the molecule is O=C(Nc1c(F)cccc1Cl)c1ccc(-c2n[nH]c3ncccc23)cc1. The quantitative estimate of drug-likeness (QED) is 0.553. The molecular formula is C19H12ClFN4O. The molecule has 4 aromatic rings. The van der Waals surface area contributed by atoms with Gasteiger partial charge in [0.2, 0.25) is 0 Å². The molecule has 5 nitrogen and oxygen atoms in total. The number of benzene rings is 2. The Morgan fingerprint density at radius 3 is 2.65 bits per heavy atom. The molecule has 0 saturated carbocycles. The molecule has 0 unspecified atom stereocenters. The molecule has 0 aliphatic carbocycles. The third kappa shape index (κ3) is 2.91. The van der Waals surface area contributed by atoms with Crippen molar-refractivity contribution in [1.82, 2.24) is 15.2 Å². The van der Waals surface area contributed by atoms with Gasteiger partial charge in [-0.2, -0.15) is 5.10 Å². The summed E-state index contributed by atoms with van der Waals surface area (Å²) in [5, 5.41) is 10.7. The zero-order valence-electron chi connectivity index (χ0n) is 13.3. The predicted molar refractivity (Wildman–Crippen MR) is 98.7 cm³/mol. The molecule has 2 heterocycles. The molecule has 0 aliphatic rings. The number of aromatic amines is 1. The molecule has 128 valence electrons. The fraction of sp³-hybridized carbons (Fsp3) is 0. The van der Waals surface area contributed by atoms with Gasteiger partial charge in [0.25, 0.3) is 5.91 Å². The van der Waals surface area contributed by atoms with Crippen molar-refractivity contribution in [2.24, 2.45) is 0 Å². The molecule has 0 radical (unpaired) electrons. The highest BCUT2D eigenvalue weighted by molar-refractivity contribution is 6.34. The van der Waals surface area contributed by atoms with Crippen LogP contribution < -0.4 is 5.32 Å². The Balaban J connectivity index is 1.61. The van der Waals surface area contributed by atoms with Crippen molar-refractivity contribution in [3.63, 3.8) is 0 Å². The van der Waals surface area contributed by atoms with Crippen LogP contribution in [-0.4, -0.2) is 21.1 Å². The molecule has 2 aromatic heterocycles. The number of aromatic nitrogens is 3. The van der Waals surface area contributed by atoms with Gasteiger partial charge in [0, 0.05) is 22.7 Å². The largest absolute Gasteiger partial charge is 0.318 e. The van der Waals surface area contributed by atoms with E-state index in [1.807, 2.05) is 12.1 Å². The molecule has 26 heavy (non-hydrogen) atoms. The van der Waals surface area contributed by atoms with E-state index < -0.39 is 11.7 Å². The number of H-pyrrole nitrogens is 1. The number of pyridine rings is 1. The van der Waals surface area contributed by atoms with Gasteiger partial charge < -0.3 is 5.32 Å². The van der Waals surface area contributed by atoms with E-state index in [9.17, 15) is 9.18 Å². The first-order chi connectivity index (χ1) is 12.6. The van der Waals surface area contributed by atoms with E-state index in [1.54, 1.807) is 30.5 Å². The van der Waals surface area contributed by atoms with Crippen LogP contribution in [0.3, 0.4) is 0 Å². The van der Waals surface area contributed by atoms with Crippen molar-refractivity contribution < 1.29 is 9.18 Å². The van der Waals surface area contributed by atoms with E-state index in [4.69, 9.17) is 11.6 Å². The van der Waals surface area contributed by atoms with Gasteiger partial charge in [-0.3, -0.25) is 9.89 Å². The molecule has 7 heteroatoms. The van der Waals surface area contributed by atoms with E-state index in [0.717, 1.165) is 16.6 Å². The zero-order valence-corrected chi connectivity index (χ0v) is 14.1. The second-order valence-corrected chi connectivity index (χ2v) is 6.01. The van der Waals surface area contributed by atoms with Crippen LogP contribution in [0.1, 0.15) is 10.4 Å². The number of hydrogen-bond acceptors (Lipinski definition) is 3. The van der Waals surface area contributed by atoms with E-state index in [1.165, 1.54) is 18.2 Å². The monoisotopic (exact) mass is 366 g/mol. The second kappa shape index (κ2) is 6.57. The highest BCUT2D eigenvalue weighted by Crippen LogP contribution is 2.27. The summed E-state index contributed by atoms with van der Waals surface area (Å²) < 4.78 is 13.8. The first-order valence-corrected chi connectivity index (χ1v) is 8.16. The highest BCUT2D eigenvalue weighted by Gasteiger charge is 2.13. The number of para-hydroxylation sites is 1. The van der Waals surface area contributed by atoms with Crippen LogP contribution in [-0.2, 0) is 0 Å². The lowest BCUT2D eigenvalue weighted by molar-refractivity contribution is 0.102. The van der Waals surface area contributed by atoms with Crippen LogP contribution in [0.25, 0.3) is 22.3 Å². The molecule has 4 rings (SSSR count). The fourth-order valence-electron chi connectivity index (χ4n) is 2.66. The third-order valence-electron chi connectivity index (χ3n) is 3.96. The Labute approximate surface area is 152 Å². The summed E-state index contributed by atoms with van der Waals surface area (Å²) in [6.45, 7) is 0. The van der Waals surface area contributed by atoms with Gasteiger partial charge in [0.1, 0.15) is 11.5 Å². The number of carbonyl (C=O) groups is 1. The summed E-state index contributed by atoms with van der Waals surface area (Å²) >= 11 is 5.94. The topological polar surface area (TPSA) is 70.7 Å². The van der Waals surface area contributed by atoms with Crippen LogP contribution in [0.2, 0.25) is 5.02 Å². The Kier molecular flexibility index (Phi) is 4.10. The van der Waals surface area contributed by atoms with E-state index in [2.05, 4.69) is 20.5 Å². The first kappa shape index (κ1) is 16.2. The summed E-state index contributed by atoms with van der Waals surface area (Å²) in [6, 6.07) is 14.8. The van der Waals surface area contributed by atoms with Gasteiger partial charge in [0.05, 0.1) is 10.7 Å². The van der Waals surface area contributed by atoms with Gasteiger partial charge in [-0.1, -0.05) is 29.8 Å². The van der Waals surface area contributed by atoms with Gasteiger partial charge in [0.15, 0.2) is 5.65 Å². The van der Waals surface area contributed by atoms with Crippen molar-refractivity contribution in [3.8, 4) is 11.3 Å². The summed E-state index contributed by atoms with van der Waals surface area (Å²) in [5.74, 6) is -1.03. The first-order valence-electron chi connectivity index (χ1n) is 7.78. The number of anilines is 1. The molecule has 0 atom stereocenters. The molecule has 1 amide bonds. The summed E-state index contributed by atoms with van der Waals surface area (Å²) in [5.41, 5.74) is 2.62. The highest BCUT2D eigenvalue weighted by atomic mass is 35.5. The van der Waals surface area contributed by atoms with E-state index >= 15 is 0 Å². The van der Waals surface area contributed by atoms with Crippen molar-refractivity contribution in [3.05, 3.63) is 77.2 Å². The molecule has 2 N–H and O–H groups in total. The maximum atomic E-state index is 13.8. The van der Waals surface area contributed by atoms with Crippen LogP contribution in [0.4, 0.5) is 10.1 Å². The lowest BCUT2D eigenvalue weighted by Crippen LogP contribution is -2.13. The number of nitrogens with zero attached hydrogens (tertiary/aromatic N) is 2. The average molecular weight is 367 g/mol. The normalized spacial score (nSPS) is 10.8. The number of amides is 1. The molecular weight excluding hydrogens is 355 g/mol. The van der Waals surface area contributed by atoms with Crippen molar-refractivity contribution in [1.29, 1.82) is 0 Å². The van der Waals surface area contributed by atoms with Crippen LogP contribution in [0.15, 0.2) is 60.8 Å². The Morgan fingerprint density at radius 2 is 1.88 bits per heavy atom. The number of fused-ring (bicyclic) bond motifs is 1. The minimum atomic E-state index is -0.585. The van der Waals surface area contributed by atoms with E-state index in [0.29, 0.717) is 11.2 Å². The van der Waals surface area contributed by atoms with Crippen LogP contribution in [0.5, 0.6) is 0 Å². The van der Waals surface area contributed by atoms with Gasteiger partial charge in [-0.25, -0.2) is 9.37 Å². The molecule has 0 bridgehead atoms. The molecule has 0 spiro atoms. The lowest BCUT2D eigenvalue weighted by Gasteiger charge is -2.08. The standard InChI is InChI=1S/C19H12ClFN4O/c20-14-4-1-5-15(21)17(14)23-19(26)12-8-6-11(7-9-12)16-13-3-2-10-22-18(13)25-24-16/h1-10H,(H,23,26)(H,22,24,25). The van der Waals surface area contributed by atoms with Gasteiger partial charge in [-0.15, -0.1) is 0 Å². The second-order valence-electron chi connectivity index (χ2n) is 5.60. The third-order valence-corrected chi connectivity index (χ3v) is 4.27. The van der Waals surface area contributed by atoms with Crippen LogP contribution >= 0.6 is 11.6 Å². The van der Waals surface area contributed by atoms with Crippen molar-refractivity contribution in [2.45, 2.75) is 0 Å². The maximum Gasteiger partial charge on any atom is 0.255 e. The minimum Gasteiger partial charge on any atom is -0.318 e. The lowest BCUT2D eigenvalue weighted by atomic mass is 10.1. The fourth-order valence-corrected chi connectivity index (χ4v) is 2.87. The smallest absolute Gasteiger partial charge is 0.255 e. The summed E-state index contributed by atoms with van der Waals surface area (Å²) in [4.78, 5) is 16.6. The zero-order chi connectivity index (χ0) is 18.1. The van der Waals surface area contributed by atoms with Gasteiger partial charge in [-0.05, 0) is 36.4 Å². The average Bonchev–Trinajstić information content (AvgIpc) is 3.09. The Hall–Kier alpha value is -3.25. The number of hydrogen-bond donors (Lipinski definition) is 2. The molecule has 0 saturated heterocycles. The summed E-state index contributed by atoms with van der Waals surface area (Å²) in [6.07, 6.45) is 1.69.